The molecule has 5 rings (SSSR count). The minimum Gasteiger partial charge on any atom is -0.496 e. The van der Waals surface area contributed by atoms with Gasteiger partial charge < -0.3 is 19.5 Å². The van der Waals surface area contributed by atoms with Crippen LogP contribution in [0, 0.1) is 12.7 Å². The summed E-state index contributed by atoms with van der Waals surface area (Å²) < 4.78 is 35.3. The first kappa shape index (κ1) is 27.7. The summed E-state index contributed by atoms with van der Waals surface area (Å²) in [4.78, 5) is 41.2. The van der Waals surface area contributed by atoms with Crippen LogP contribution < -0.4 is 21.3 Å². The molecule has 4 heterocycles. The maximum Gasteiger partial charge on any atom is 0.332 e. The fourth-order valence-corrected chi connectivity index (χ4v) is 6.28. The Morgan fingerprint density at radius 3 is 2.75 bits per heavy atom. The van der Waals surface area contributed by atoms with Gasteiger partial charge in [0.15, 0.2) is 0 Å². The number of hydrogen-bond acceptors (Lipinski definition) is 8. The van der Waals surface area contributed by atoms with Crippen LogP contribution in [-0.2, 0) is 20.8 Å². The fraction of sp³-hybridized carbons (Fsp3) is 0.407. The number of aryl methyl sites for hydroxylation is 1. The predicted octanol–water partition coefficient (Wildman–Crippen LogP) is 2.72. The monoisotopic (exact) mass is 571 g/mol. The Bertz CT molecular complexity index is 1640. The van der Waals surface area contributed by atoms with Gasteiger partial charge in [-0.05, 0) is 44.0 Å². The molecule has 1 fully saturated rings. The molecule has 0 radical (unpaired) electrons. The number of methoxy groups -OCH3 is 2. The third kappa shape index (κ3) is 5.07. The number of fused-ring (bicyclic) bond motifs is 1. The number of nitrogens with one attached hydrogen (secondary N) is 1. The first-order valence-electron chi connectivity index (χ1n) is 12.9. The lowest BCUT2D eigenvalue weighted by atomic mass is 10.1. The SMILES string of the molecule is COCCO[C@@H](Cn1c(=O)n(C2CCCNC2=O)c(=O)c2c(C)c(-n3cccn3)sc21)c1cc(F)ccc1OC. The van der Waals surface area contributed by atoms with Crippen LogP contribution in [0.25, 0.3) is 15.2 Å². The molecule has 1 aliphatic rings. The number of halogens is 1. The Balaban J connectivity index is 1.75. The van der Waals surface area contributed by atoms with E-state index in [4.69, 9.17) is 14.2 Å². The molecule has 1 aromatic carbocycles. The van der Waals surface area contributed by atoms with Crippen LogP contribution in [-0.4, -0.2) is 58.8 Å². The van der Waals surface area contributed by atoms with Gasteiger partial charge in [-0.15, -0.1) is 0 Å². The standard InChI is InChI=1S/C27H30FN5O6S/c1-16-22-24(35)33(19-6-4-9-29-23(19)34)27(36)31(26(22)40-25(16)32-11-5-10-30-32)15-21(39-13-12-37-2)18-14-17(28)7-8-20(18)38-3/h5,7-8,10-11,14,19,21H,4,6,9,12-13,15H2,1-3H3,(H,29,34)/t19?,21-/m0/s1. The molecule has 0 aliphatic carbocycles. The number of aromatic nitrogens is 4. The summed E-state index contributed by atoms with van der Waals surface area (Å²) in [6.45, 7) is 2.62. The average molecular weight is 572 g/mol. The van der Waals surface area contributed by atoms with E-state index in [0.29, 0.717) is 51.5 Å². The highest BCUT2D eigenvalue weighted by Gasteiger charge is 2.31. The van der Waals surface area contributed by atoms with Crippen molar-refractivity contribution in [1.29, 1.82) is 0 Å². The minimum absolute atomic E-state index is 0.0774. The van der Waals surface area contributed by atoms with Crippen LogP contribution in [0.4, 0.5) is 4.39 Å². The lowest BCUT2D eigenvalue weighted by Gasteiger charge is -2.26. The van der Waals surface area contributed by atoms with Gasteiger partial charge in [0.05, 0.1) is 32.3 Å². The highest BCUT2D eigenvalue weighted by Crippen LogP contribution is 2.34. The van der Waals surface area contributed by atoms with Gasteiger partial charge in [-0.1, -0.05) is 11.3 Å². The zero-order chi connectivity index (χ0) is 28.4. The topological polar surface area (TPSA) is 119 Å². The quantitative estimate of drug-likeness (QED) is 0.291. The zero-order valence-electron chi connectivity index (χ0n) is 22.4. The van der Waals surface area contributed by atoms with Gasteiger partial charge in [0.1, 0.15) is 33.5 Å². The van der Waals surface area contributed by atoms with Gasteiger partial charge in [0.25, 0.3) is 5.56 Å². The maximum absolute atomic E-state index is 14.4. The summed E-state index contributed by atoms with van der Waals surface area (Å²) in [7, 11) is 3.00. The highest BCUT2D eigenvalue weighted by molar-refractivity contribution is 7.21. The van der Waals surface area contributed by atoms with Crippen molar-refractivity contribution >= 4 is 27.5 Å². The van der Waals surface area contributed by atoms with E-state index >= 15 is 0 Å². The summed E-state index contributed by atoms with van der Waals surface area (Å²) >= 11 is 1.24. The summed E-state index contributed by atoms with van der Waals surface area (Å²) in [5, 5.41) is 8.05. The molecule has 2 atom stereocenters. The second-order valence-electron chi connectivity index (χ2n) is 9.42. The molecule has 40 heavy (non-hydrogen) atoms. The van der Waals surface area contributed by atoms with Crippen LogP contribution in [0.5, 0.6) is 5.75 Å². The molecule has 1 N–H and O–H groups in total. The number of hydrogen-bond donors (Lipinski definition) is 1. The molecule has 0 spiro atoms. The van der Waals surface area contributed by atoms with Gasteiger partial charge in [-0.2, -0.15) is 5.10 Å². The number of benzene rings is 1. The lowest BCUT2D eigenvalue weighted by molar-refractivity contribution is -0.126. The molecule has 212 valence electrons. The van der Waals surface area contributed by atoms with Crippen molar-refractivity contribution < 1.29 is 23.4 Å². The number of amides is 1. The Hall–Kier alpha value is -3.81. The highest BCUT2D eigenvalue weighted by atomic mass is 32.1. The second-order valence-corrected chi connectivity index (χ2v) is 10.4. The first-order chi connectivity index (χ1) is 19.3. The minimum atomic E-state index is -0.951. The van der Waals surface area contributed by atoms with Crippen LogP contribution in [0.3, 0.4) is 0 Å². The third-order valence-corrected chi connectivity index (χ3v) is 8.30. The van der Waals surface area contributed by atoms with Crippen molar-refractivity contribution in [2.45, 2.75) is 38.5 Å². The molecule has 4 aromatic rings. The molecule has 13 heteroatoms. The maximum atomic E-state index is 14.4. The number of carbonyl (C=O) groups is 1. The van der Waals surface area contributed by atoms with Crippen LogP contribution in [0.2, 0.25) is 0 Å². The van der Waals surface area contributed by atoms with Gasteiger partial charge in [0, 0.05) is 37.2 Å². The Morgan fingerprint density at radius 2 is 2.05 bits per heavy atom. The normalized spacial score (nSPS) is 16.3. The molecule has 11 nitrogen and oxygen atoms in total. The molecule has 1 unspecified atom stereocenters. The molecule has 0 bridgehead atoms. The third-order valence-electron chi connectivity index (χ3n) is 6.99. The van der Waals surface area contributed by atoms with Gasteiger partial charge in [-0.25, -0.2) is 18.4 Å². The van der Waals surface area contributed by atoms with Crippen molar-refractivity contribution in [2.75, 3.05) is 34.0 Å². The lowest BCUT2D eigenvalue weighted by Crippen LogP contribution is -2.49. The molecular weight excluding hydrogens is 541 g/mol. The van der Waals surface area contributed by atoms with E-state index in [1.54, 1.807) is 30.1 Å². The van der Waals surface area contributed by atoms with Crippen molar-refractivity contribution in [1.82, 2.24) is 24.2 Å². The summed E-state index contributed by atoms with van der Waals surface area (Å²) in [5.41, 5.74) is -0.158. The number of rotatable bonds is 10. The smallest absolute Gasteiger partial charge is 0.332 e. The Labute approximate surface area is 232 Å². The number of ether oxygens (including phenoxy) is 3. The second kappa shape index (κ2) is 11.7. The molecule has 1 amide bonds. The van der Waals surface area contributed by atoms with Gasteiger partial charge in [-0.3, -0.25) is 14.2 Å². The first-order valence-corrected chi connectivity index (χ1v) is 13.7. The van der Waals surface area contributed by atoms with Crippen LogP contribution >= 0.6 is 11.3 Å². The predicted molar refractivity (Wildman–Crippen MR) is 147 cm³/mol. The number of carbonyl (C=O) groups excluding carboxylic acids is 1. The molecule has 1 saturated heterocycles. The molecule has 3 aromatic heterocycles. The van der Waals surface area contributed by atoms with Gasteiger partial charge in [0.2, 0.25) is 5.91 Å². The van der Waals surface area contributed by atoms with E-state index in [9.17, 15) is 18.8 Å². The van der Waals surface area contributed by atoms with Crippen molar-refractivity contribution in [3.8, 4) is 10.8 Å². The Morgan fingerprint density at radius 1 is 1.23 bits per heavy atom. The molecular formula is C27H30FN5O6S. The summed E-state index contributed by atoms with van der Waals surface area (Å²) in [5.74, 6) is -0.491. The zero-order valence-corrected chi connectivity index (χ0v) is 23.2. The van der Waals surface area contributed by atoms with E-state index in [-0.39, 0.29) is 25.7 Å². The van der Waals surface area contributed by atoms with Crippen molar-refractivity contribution in [2.24, 2.45) is 0 Å². The van der Waals surface area contributed by atoms with Gasteiger partial charge >= 0.3 is 5.69 Å². The van der Waals surface area contributed by atoms with Crippen LogP contribution in [0.1, 0.15) is 36.1 Å². The average Bonchev–Trinajstić information content (AvgIpc) is 3.59. The number of nitrogens with zero attached hydrogens (tertiary/aromatic N) is 4. The summed E-state index contributed by atoms with van der Waals surface area (Å²) in [6, 6.07) is 4.89. The fourth-order valence-electron chi connectivity index (χ4n) is 5.04. The largest absolute Gasteiger partial charge is 0.496 e. The van der Waals surface area contributed by atoms with E-state index < -0.39 is 29.2 Å². The van der Waals surface area contributed by atoms with Crippen LogP contribution in [0.15, 0.2) is 46.2 Å². The molecule has 1 aliphatic heterocycles. The van der Waals surface area contributed by atoms with E-state index in [1.807, 2.05) is 0 Å². The molecule has 0 saturated carbocycles. The van der Waals surface area contributed by atoms with E-state index in [2.05, 4.69) is 10.4 Å². The van der Waals surface area contributed by atoms with Crippen molar-refractivity contribution in [3.63, 3.8) is 0 Å². The van der Waals surface area contributed by atoms with E-state index in [1.165, 1.54) is 48.3 Å². The van der Waals surface area contributed by atoms with Crippen molar-refractivity contribution in [3.05, 3.63) is 74.4 Å². The number of thiophene rings is 1. The number of piperidine rings is 1. The Kier molecular flexibility index (Phi) is 8.14. The summed E-state index contributed by atoms with van der Waals surface area (Å²) in [6.07, 6.45) is 3.51. The van der Waals surface area contributed by atoms with E-state index in [0.717, 1.165) is 4.57 Å².